The standard InChI is InChI=1S/C12H19O5PS/c1-10(13)8-15-11(2)9-16-18(14,19)17-12-6-4-3-5-7-12/h3-7,10-11,13H,8-9H2,1-2H3,(H,14,19). The summed E-state index contributed by atoms with van der Waals surface area (Å²) in [5.74, 6) is 0.464. The van der Waals surface area contributed by atoms with Gasteiger partial charge in [-0.3, -0.25) is 4.52 Å². The zero-order valence-electron chi connectivity index (χ0n) is 10.9. The molecule has 0 saturated carbocycles. The summed E-state index contributed by atoms with van der Waals surface area (Å²) < 4.78 is 15.7. The van der Waals surface area contributed by atoms with E-state index in [1.807, 2.05) is 6.07 Å². The van der Waals surface area contributed by atoms with Crippen LogP contribution in [0.3, 0.4) is 0 Å². The van der Waals surface area contributed by atoms with Crippen LogP contribution in [0.5, 0.6) is 5.75 Å². The molecule has 0 aliphatic carbocycles. The van der Waals surface area contributed by atoms with Gasteiger partial charge in [-0.15, -0.1) is 0 Å². The minimum atomic E-state index is -3.32. The number of rotatable bonds is 8. The molecule has 0 aromatic heterocycles. The van der Waals surface area contributed by atoms with Gasteiger partial charge in [0.15, 0.2) is 0 Å². The minimum Gasteiger partial charge on any atom is -0.424 e. The lowest BCUT2D eigenvalue weighted by Crippen LogP contribution is -2.21. The molecule has 7 heteroatoms. The van der Waals surface area contributed by atoms with Crippen LogP contribution < -0.4 is 4.52 Å². The molecule has 3 unspecified atom stereocenters. The van der Waals surface area contributed by atoms with E-state index in [4.69, 9.17) is 30.7 Å². The smallest absolute Gasteiger partial charge is 0.378 e. The average molecular weight is 306 g/mol. The normalized spacial score (nSPS) is 17.5. The van der Waals surface area contributed by atoms with Crippen LogP contribution in [0.25, 0.3) is 0 Å². The number of hydrogen-bond acceptors (Lipinski definition) is 5. The third-order valence-electron chi connectivity index (χ3n) is 2.06. The van der Waals surface area contributed by atoms with Crippen molar-refractivity contribution >= 4 is 18.5 Å². The van der Waals surface area contributed by atoms with Crippen molar-refractivity contribution in [2.45, 2.75) is 26.1 Å². The molecule has 0 aliphatic heterocycles. The highest BCUT2D eigenvalue weighted by Crippen LogP contribution is 2.44. The maximum atomic E-state index is 9.87. The van der Waals surface area contributed by atoms with Gasteiger partial charge in [-0.2, -0.15) is 0 Å². The highest BCUT2D eigenvalue weighted by Gasteiger charge is 2.18. The van der Waals surface area contributed by atoms with Gasteiger partial charge >= 0.3 is 6.72 Å². The monoisotopic (exact) mass is 306 g/mol. The summed E-state index contributed by atoms with van der Waals surface area (Å²) in [6, 6.07) is 8.76. The van der Waals surface area contributed by atoms with E-state index in [0.717, 1.165) is 0 Å². The summed E-state index contributed by atoms with van der Waals surface area (Å²) in [6.45, 7) is 0.378. The van der Waals surface area contributed by atoms with Gasteiger partial charge in [0.05, 0.1) is 25.4 Å². The van der Waals surface area contributed by atoms with Gasteiger partial charge < -0.3 is 19.3 Å². The maximum Gasteiger partial charge on any atom is 0.378 e. The molecule has 0 aliphatic rings. The Hall–Kier alpha value is -0.490. The minimum absolute atomic E-state index is 0.104. The van der Waals surface area contributed by atoms with Crippen molar-refractivity contribution in [3.8, 4) is 5.75 Å². The molecule has 19 heavy (non-hydrogen) atoms. The van der Waals surface area contributed by atoms with Gasteiger partial charge in [0, 0.05) is 11.8 Å². The molecule has 0 radical (unpaired) electrons. The Morgan fingerprint density at radius 2 is 1.84 bits per heavy atom. The largest absolute Gasteiger partial charge is 0.424 e. The fourth-order valence-electron chi connectivity index (χ4n) is 1.19. The average Bonchev–Trinajstić information content (AvgIpc) is 2.34. The van der Waals surface area contributed by atoms with E-state index in [-0.39, 0.29) is 19.3 Å². The number of aliphatic hydroxyl groups is 1. The SMILES string of the molecule is CC(O)COC(C)COP(O)(=S)Oc1ccccc1. The Balaban J connectivity index is 2.36. The molecular weight excluding hydrogens is 287 g/mol. The first-order valence-electron chi connectivity index (χ1n) is 5.90. The predicted octanol–water partition coefficient (Wildman–Crippen LogP) is 2.08. The molecule has 1 aromatic rings. The zero-order valence-corrected chi connectivity index (χ0v) is 12.6. The lowest BCUT2D eigenvalue weighted by atomic mass is 10.3. The van der Waals surface area contributed by atoms with Crippen LogP contribution in [0.4, 0.5) is 0 Å². The van der Waals surface area contributed by atoms with E-state index in [2.05, 4.69) is 0 Å². The molecule has 0 spiro atoms. The molecule has 0 fully saturated rings. The van der Waals surface area contributed by atoms with Crippen molar-refractivity contribution in [2.24, 2.45) is 0 Å². The van der Waals surface area contributed by atoms with Crippen molar-refractivity contribution < 1.29 is 23.8 Å². The van der Waals surface area contributed by atoms with Crippen LogP contribution in [0, 0.1) is 0 Å². The van der Waals surface area contributed by atoms with E-state index in [0.29, 0.717) is 5.75 Å². The lowest BCUT2D eigenvalue weighted by Gasteiger charge is -2.20. The topological polar surface area (TPSA) is 68.2 Å². The van der Waals surface area contributed by atoms with E-state index in [9.17, 15) is 4.89 Å². The quantitative estimate of drug-likeness (QED) is 0.717. The lowest BCUT2D eigenvalue weighted by molar-refractivity contribution is -0.0147. The van der Waals surface area contributed by atoms with Crippen molar-refractivity contribution in [2.75, 3.05) is 13.2 Å². The van der Waals surface area contributed by atoms with Crippen LogP contribution in [0.2, 0.25) is 0 Å². The molecule has 1 aromatic carbocycles. The van der Waals surface area contributed by atoms with E-state index >= 15 is 0 Å². The summed E-state index contributed by atoms with van der Waals surface area (Å²) in [5, 5.41) is 9.07. The van der Waals surface area contributed by atoms with Gasteiger partial charge in [0.2, 0.25) is 0 Å². The van der Waals surface area contributed by atoms with Crippen molar-refractivity contribution in [3.63, 3.8) is 0 Å². The fraction of sp³-hybridized carbons (Fsp3) is 0.500. The van der Waals surface area contributed by atoms with Crippen molar-refractivity contribution in [3.05, 3.63) is 30.3 Å². The predicted molar refractivity (Wildman–Crippen MR) is 76.6 cm³/mol. The Labute approximate surface area is 118 Å². The number of aliphatic hydroxyl groups excluding tert-OH is 1. The molecule has 0 bridgehead atoms. The first-order valence-corrected chi connectivity index (χ1v) is 8.50. The van der Waals surface area contributed by atoms with E-state index in [1.165, 1.54) is 0 Å². The summed E-state index contributed by atoms with van der Waals surface area (Å²) in [6.07, 6.45) is -0.830. The molecule has 0 amide bonds. The molecular formula is C12H19O5PS. The highest BCUT2D eigenvalue weighted by molar-refractivity contribution is 8.07. The number of hydrogen-bond donors (Lipinski definition) is 2. The van der Waals surface area contributed by atoms with Crippen molar-refractivity contribution in [1.82, 2.24) is 0 Å². The second-order valence-electron chi connectivity index (χ2n) is 4.16. The summed E-state index contributed by atoms with van der Waals surface area (Å²) in [4.78, 5) is 9.87. The molecule has 0 saturated heterocycles. The Kier molecular flexibility index (Phi) is 6.93. The van der Waals surface area contributed by atoms with Crippen molar-refractivity contribution in [1.29, 1.82) is 0 Å². The molecule has 3 atom stereocenters. The van der Waals surface area contributed by atoms with Crippen LogP contribution >= 0.6 is 6.72 Å². The van der Waals surface area contributed by atoms with Gasteiger partial charge in [0.1, 0.15) is 5.75 Å². The molecule has 2 N–H and O–H groups in total. The molecule has 5 nitrogen and oxygen atoms in total. The fourth-order valence-corrected chi connectivity index (χ4v) is 2.47. The molecule has 0 heterocycles. The van der Waals surface area contributed by atoms with Crippen LogP contribution in [-0.4, -0.2) is 35.4 Å². The van der Waals surface area contributed by atoms with E-state index in [1.54, 1.807) is 38.1 Å². The summed E-state index contributed by atoms with van der Waals surface area (Å²) >= 11 is 4.90. The zero-order chi connectivity index (χ0) is 14.3. The van der Waals surface area contributed by atoms with Crippen LogP contribution in [-0.2, 0) is 21.1 Å². The van der Waals surface area contributed by atoms with E-state index < -0.39 is 12.8 Å². The Bertz CT molecular complexity index is 412. The van der Waals surface area contributed by atoms with Gasteiger partial charge in [-0.25, -0.2) is 0 Å². The second-order valence-corrected chi connectivity index (χ2v) is 6.92. The highest BCUT2D eigenvalue weighted by atomic mass is 32.5. The van der Waals surface area contributed by atoms with Gasteiger partial charge in [0.25, 0.3) is 0 Å². The number of benzene rings is 1. The first-order chi connectivity index (χ1) is 8.89. The Morgan fingerprint density at radius 1 is 1.21 bits per heavy atom. The first kappa shape index (κ1) is 16.6. The molecule has 1 rings (SSSR count). The third kappa shape index (κ3) is 7.62. The maximum absolute atomic E-state index is 9.87. The Morgan fingerprint density at radius 3 is 2.42 bits per heavy atom. The number of para-hydroxylation sites is 1. The van der Waals surface area contributed by atoms with Crippen LogP contribution in [0.15, 0.2) is 30.3 Å². The molecule has 108 valence electrons. The van der Waals surface area contributed by atoms with Gasteiger partial charge in [-0.1, -0.05) is 18.2 Å². The summed E-state index contributed by atoms with van der Waals surface area (Å²) in [7, 11) is 0. The third-order valence-corrected chi connectivity index (χ3v) is 3.52. The number of ether oxygens (including phenoxy) is 1. The van der Waals surface area contributed by atoms with Gasteiger partial charge in [-0.05, 0) is 26.0 Å². The second kappa shape index (κ2) is 7.94. The summed E-state index contributed by atoms with van der Waals surface area (Å²) in [5.41, 5.74) is 0. The van der Waals surface area contributed by atoms with Crippen LogP contribution in [0.1, 0.15) is 13.8 Å².